The second kappa shape index (κ2) is 7.27. The SMILES string of the molecule is COCCN(C)c1ccc(C=CC(=O)C(=O)O)cn1. The predicted octanol–water partition coefficient (Wildman–Crippen LogP) is 0.831. The van der Waals surface area contributed by atoms with Gasteiger partial charge in [-0.3, -0.25) is 4.79 Å². The molecular weight excluding hydrogens is 248 g/mol. The number of anilines is 1. The zero-order valence-electron chi connectivity index (χ0n) is 10.9. The zero-order chi connectivity index (χ0) is 14.3. The predicted molar refractivity (Wildman–Crippen MR) is 71.1 cm³/mol. The molecule has 1 N–H and O–H groups in total. The van der Waals surface area contributed by atoms with Crippen LogP contribution in [0.4, 0.5) is 5.82 Å². The number of nitrogens with zero attached hydrogens (tertiary/aromatic N) is 2. The van der Waals surface area contributed by atoms with E-state index in [0.29, 0.717) is 12.2 Å². The lowest BCUT2D eigenvalue weighted by Gasteiger charge is -2.17. The van der Waals surface area contributed by atoms with Gasteiger partial charge in [0.1, 0.15) is 5.82 Å². The Morgan fingerprint density at radius 3 is 2.74 bits per heavy atom. The van der Waals surface area contributed by atoms with Crippen molar-refractivity contribution in [1.29, 1.82) is 0 Å². The fourth-order valence-corrected chi connectivity index (χ4v) is 1.31. The maximum Gasteiger partial charge on any atom is 0.376 e. The van der Waals surface area contributed by atoms with Gasteiger partial charge in [0.05, 0.1) is 6.61 Å². The summed E-state index contributed by atoms with van der Waals surface area (Å²) in [6.45, 7) is 1.32. The number of ether oxygens (including phenoxy) is 1. The Bertz CT molecular complexity index is 468. The molecule has 0 unspecified atom stereocenters. The Hall–Kier alpha value is -2.21. The molecule has 0 radical (unpaired) electrons. The summed E-state index contributed by atoms with van der Waals surface area (Å²) in [5.41, 5.74) is 0.665. The van der Waals surface area contributed by atoms with Gasteiger partial charge in [0.25, 0.3) is 5.78 Å². The van der Waals surface area contributed by atoms with Crippen LogP contribution in [-0.2, 0) is 14.3 Å². The van der Waals surface area contributed by atoms with Crippen molar-refractivity contribution >= 4 is 23.6 Å². The van der Waals surface area contributed by atoms with Crippen molar-refractivity contribution in [2.24, 2.45) is 0 Å². The summed E-state index contributed by atoms with van der Waals surface area (Å²) in [4.78, 5) is 27.4. The average molecular weight is 264 g/mol. The summed E-state index contributed by atoms with van der Waals surface area (Å²) < 4.78 is 4.97. The smallest absolute Gasteiger partial charge is 0.376 e. The maximum atomic E-state index is 10.9. The van der Waals surface area contributed by atoms with Crippen LogP contribution in [0.1, 0.15) is 5.56 Å². The minimum atomic E-state index is -1.47. The van der Waals surface area contributed by atoms with Gasteiger partial charge >= 0.3 is 5.97 Å². The normalized spacial score (nSPS) is 10.6. The van der Waals surface area contributed by atoms with Crippen molar-refractivity contribution in [1.82, 2.24) is 4.98 Å². The molecule has 6 nitrogen and oxygen atoms in total. The third kappa shape index (κ3) is 4.89. The van der Waals surface area contributed by atoms with Crippen LogP contribution in [0, 0.1) is 0 Å². The highest BCUT2D eigenvalue weighted by Crippen LogP contribution is 2.10. The fraction of sp³-hybridized carbons (Fsp3) is 0.308. The Morgan fingerprint density at radius 2 is 2.21 bits per heavy atom. The van der Waals surface area contributed by atoms with Crippen molar-refractivity contribution in [2.45, 2.75) is 0 Å². The molecule has 0 saturated heterocycles. The van der Waals surface area contributed by atoms with Crippen LogP contribution in [0.2, 0.25) is 0 Å². The van der Waals surface area contributed by atoms with E-state index in [9.17, 15) is 9.59 Å². The number of carboxylic acid groups (broad SMARTS) is 1. The molecule has 0 spiro atoms. The molecule has 1 rings (SSSR count). The van der Waals surface area contributed by atoms with Gasteiger partial charge in [0.15, 0.2) is 0 Å². The summed E-state index contributed by atoms with van der Waals surface area (Å²) >= 11 is 0. The first-order chi connectivity index (χ1) is 9.04. The molecule has 0 aliphatic carbocycles. The van der Waals surface area contributed by atoms with Gasteiger partial charge < -0.3 is 14.7 Å². The molecule has 1 heterocycles. The molecule has 0 fully saturated rings. The minimum Gasteiger partial charge on any atom is -0.475 e. The van der Waals surface area contributed by atoms with E-state index >= 15 is 0 Å². The zero-order valence-corrected chi connectivity index (χ0v) is 10.9. The number of carbonyl (C=O) groups is 2. The number of carbonyl (C=O) groups excluding carboxylic acids is 1. The van der Waals surface area contributed by atoms with Crippen LogP contribution in [-0.4, -0.2) is 49.2 Å². The quantitative estimate of drug-likeness (QED) is 0.580. The second-order valence-corrected chi connectivity index (χ2v) is 3.87. The summed E-state index contributed by atoms with van der Waals surface area (Å²) in [6, 6.07) is 3.55. The highest BCUT2D eigenvalue weighted by Gasteiger charge is 2.06. The van der Waals surface area contributed by atoms with Crippen LogP contribution in [0.5, 0.6) is 0 Å². The molecule has 0 aliphatic rings. The first-order valence-electron chi connectivity index (χ1n) is 5.66. The first kappa shape index (κ1) is 14.8. The van der Waals surface area contributed by atoms with E-state index < -0.39 is 11.8 Å². The average Bonchev–Trinajstić information content (AvgIpc) is 2.42. The molecule has 0 amide bonds. The number of likely N-dealkylation sites (N-methyl/N-ethyl adjacent to an activating group) is 1. The minimum absolute atomic E-state index is 0.604. The van der Waals surface area contributed by atoms with Crippen LogP contribution in [0.15, 0.2) is 24.4 Å². The van der Waals surface area contributed by atoms with E-state index in [2.05, 4.69) is 4.98 Å². The summed E-state index contributed by atoms with van der Waals surface area (Å²) in [5.74, 6) is -1.65. The van der Waals surface area contributed by atoms with Crippen molar-refractivity contribution in [3.63, 3.8) is 0 Å². The van der Waals surface area contributed by atoms with Gasteiger partial charge in [-0.2, -0.15) is 0 Å². The van der Waals surface area contributed by atoms with Crippen LogP contribution >= 0.6 is 0 Å². The number of hydrogen-bond acceptors (Lipinski definition) is 5. The van der Waals surface area contributed by atoms with Gasteiger partial charge in [-0.15, -0.1) is 0 Å². The van der Waals surface area contributed by atoms with E-state index in [4.69, 9.17) is 9.84 Å². The largest absolute Gasteiger partial charge is 0.475 e. The van der Waals surface area contributed by atoms with E-state index in [0.717, 1.165) is 18.4 Å². The molecule has 0 aliphatic heterocycles. The third-order valence-corrected chi connectivity index (χ3v) is 2.43. The fourth-order valence-electron chi connectivity index (χ4n) is 1.31. The molecule has 0 aromatic carbocycles. The topological polar surface area (TPSA) is 79.7 Å². The standard InChI is InChI=1S/C13H16N2O4/c1-15(7-8-19-2)12-6-4-10(9-14-12)3-5-11(16)13(17)18/h3-6,9H,7-8H2,1-2H3,(H,17,18). The Balaban J connectivity index is 2.66. The van der Waals surface area contributed by atoms with Crippen LogP contribution < -0.4 is 4.90 Å². The van der Waals surface area contributed by atoms with E-state index in [-0.39, 0.29) is 0 Å². The molecule has 19 heavy (non-hydrogen) atoms. The number of methoxy groups -OCH3 is 1. The van der Waals surface area contributed by atoms with Crippen LogP contribution in [0.3, 0.4) is 0 Å². The molecule has 102 valence electrons. The van der Waals surface area contributed by atoms with Gasteiger partial charge in [0, 0.05) is 26.9 Å². The summed E-state index contributed by atoms with van der Waals surface area (Å²) in [7, 11) is 3.53. The molecular formula is C13H16N2O4. The summed E-state index contributed by atoms with van der Waals surface area (Å²) in [5, 5.41) is 8.42. The van der Waals surface area contributed by atoms with Crippen molar-refractivity contribution in [3.8, 4) is 0 Å². The van der Waals surface area contributed by atoms with Gasteiger partial charge in [-0.25, -0.2) is 9.78 Å². The Morgan fingerprint density at radius 1 is 1.47 bits per heavy atom. The molecule has 1 aromatic heterocycles. The monoisotopic (exact) mass is 264 g/mol. The number of rotatable bonds is 7. The lowest BCUT2D eigenvalue weighted by molar-refractivity contribution is -0.146. The second-order valence-electron chi connectivity index (χ2n) is 3.87. The Kier molecular flexibility index (Phi) is 5.69. The lowest BCUT2D eigenvalue weighted by Crippen LogP contribution is -2.22. The molecule has 0 atom stereocenters. The van der Waals surface area contributed by atoms with Gasteiger partial charge in [0.2, 0.25) is 0 Å². The van der Waals surface area contributed by atoms with E-state index in [1.54, 1.807) is 25.4 Å². The number of ketones is 1. The third-order valence-electron chi connectivity index (χ3n) is 2.43. The number of hydrogen-bond donors (Lipinski definition) is 1. The van der Waals surface area contributed by atoms with Crippen molar-refractivity contribution in [3.05, 3.63) is 30.0 Å². The number of aliphatic carboxylic acids is 1. The highest BCUT2D eigenvalue weighted by atomic mass is 16.5. The Labute approximate surface area is 111 Å². The lowest BCUT2D eigenvalue weighted by atomic mass is 10.2. The summed E-state index contributed by atoms with van der Waals surface area (Å²) in [6.07, 6.45) is 4.00. The maximum absolute atomic E-state index is 10.9. The van der Waals surface area contributed by atoms with Crippen molar-refractivity contribution in [2.75, 3.05) is 32.2 Å². The number of aromatic nitrogens is 1. The van der Waals surface area contributed by atoms with Gasteiger partial charge in [-0.05, 0) is 29.8 Å². The first-order valence-corrected chi connectivity index (χ1v) is 5.66. The van der Waals surface area contributed by atoms with E-state index in [1.807, 2.05) is 11.9 Å². The molecule has 0 saturated carbocycles. The number of pyridine rings is 1. The van der Waals surface area contributed by atoms with Gasteiger partial charge in [-0.1, -0.05) is 0 Å². The highest BCUT2D eigenvalue weighted by molar-refractivity contribution is 6.38. The van der Waals surface area contributed by atoms with Crippen LogP contribution in [0.25, 0.3) is 6.08 Å². The number of carboxylic acids is 1. The molecule has 6 heteroatoms. The molecule has 1 aromatic rings. The molecule has 0 bridgehead atoms. The van der Waals surface area contributed by atoms with Crippen molar-refractivity contribution < 1.29 is 19.4 Å². The van der Waals surface area contributed by atoms with E-state index in [1.165, 1.54) is 6.08 Å².